The minimum atomic E-state index is -0.232. The monoisotopic (exact) mass is 268 g/mol. The number of hydrogen-bond acceptors (Lipinski definition) is 3. The van der Waals surface area contributed by atoms with Crippen LogP contribution >= 0.6 is 0 Å². The molecule has 20 heavy (non-hydrogen) atoms. The van der Waals surface area contributed by atoms with E-state index < -0.39 is 0 Å². The lowest BCUT2D eigenvalue weighted by Crippen LogP contribution is -2.27. The summed E-state index contributed by atoms with van der Waals surface area (Å²) in [6.07, 6.45) is 2.07. The second kappa shape index (κ2) is 3.86. The van der Waals surface area contributed by atoms with Crippen LogP contribution in [0.4, 0.5) is 0 Å². The molecular weight excluding hydrogens is 256 g/mol. The average molecular weight is 268 g/mol. The summed E-state index contributed by atoms with van der Waals surface area (Å²) in [6.45, 7) is 0.414. The molecule has 0 saturated carbocycles. The highest BCUT2D eigenvalue weighted by Gasteiger charge is 2.26. The first-order valence-corrected chi connectivity index (χ1v) is 6.35. The van der Waals surface area contributed by atoms with Crippen molar-refractivity contribution in [1.29, 1.82) is 0 Å². The molecule has 0 radical (unpaired) electrons. The molecule has 6 heteroatoms. The van der Waals surface area contributed by atoms with E-state index in [1.165, 1.54) is 4.57 Å². The molecule has 1 aliphatic rings. The Morgan fingerprint density at radius 3 is 2.85 bits per heavy atom. The smallest absolute Gasteiger partial charge is 0.336 e. The molecule has 2 aromatic heterocycles. The molecule has 1 aromatic carbocycles. The Hall–Kier alpha value is -2.76. The maximum absolute atomic E-state index is 12.5. The van der Waals surface area contributed by atoms with E-state index in [9.17, 15) is 9.90 Å². The normalized spacial score (nSPS) is 13.0. The number of imidazole rings is 2. The van der Waals surface area contributed by atoms with Crippen LogP contribution in [0.2, 0.25) is 0 Å². The van der Waals surface area contributed by atoms with E-state index in [-0.39, 0.29) is 11.6 Å². The molecule has 0 atom stereocenters. The molecule has 0 fully saturated rings. The van der Waals surface area contributed by atoms with Gasteiger partial charge in [-0.05, 0) is 12.1 Å². The van der Waals surface area contributed by atoms with Crippen molar-refractivity contribution in [2.45, 2.75) is 13.0 Å². The average Bonchev–Trinajstić information content (AvgIpc) is 3.02. The van der Waals surface area contributed by atoms with Crippen LogP contribution < -0.4 is 5.69 Å². The summed E-state index contributed by atoms with van der Waals surface area (Å²) in [4.78, 5) is 19.7. The van der Waals surface area contributed by atoms with E-state index in [4.69, 9.17) is 0 Å². The number of aromatic hydroxyl groups is 1. The molecule has 2 N–H and O–H groups in total. The lowest BCUT2D eigenvalue weighted by molar-refractivity contribution is 0.434. The maximum atomic E-state index is 12.5. The molecule has 100 valence electrons. The van der Waals surface area contributed by atoms with Crippen molar-refractivity contribution in [2.75, 3.05) is 0 Å². The van der Waals surface area contributed by atoms with Crippen LogP contribution in [0.15, 0.2) is 41.5 Å². The summed E-state index contributed by atoms with van der Waals surface area (Å²) in [5, 5.41) is 10.4. The Kier molecular flexibility index (Phi) is 2.14. The highest BCUT2D eigenvalue weighted by atomic mass is 16.3. The number of benzene rings is 1. The van der Waals surface area contributed by atoms with E-state index in [1.807, 2.05) is 18.2 Å². The maximum Gasteiger partial charge on any atom is 0.336 e. The number of hydrogen-bond donors (Lipinski definition) is 2. The first-order chi connectivity index (χ1) is 9.75. The summed E-state index contributed by atoms with van der Waals surface area (Å²) < 4.78 is 2.92. The summed E-state index contributed by atoms with van der Waals surface area (Å²) in [5.41, 5.74) is 2.84. The molecule has 0 spiro atoms. The Bertz CT molecular complexity index is 842. The van der Waals surface area contributed by atoms with Gasteiger partial charge in [0.05, 0.1) is 35.6 Å². The standard InChI is InChI=1S/C14H12N4O2/c19-13-12-6-10-11(16-8-15-10)7-17(12)14(20)18(13)9-4-2-1-3-5-9/h1-5,8,19H,6-7H2,(H,15,16). The van der Waals surface area contributed by atoms with Gasteiger partial charge in [-0.3, -0.25) is 4.57 Å². The molecule has 1 aliphatic heterocycles. The third-order valence-corrected chi connectivity index (χ3v) is 3.69. The van der Waals surface area contributed by atoms with Crippen molar-refractivity contribution in [1.82, 2.24) is 19.1 Å². The largest absolute Gasteiger partial charge is 0.493 e. The predicted octanol–water partition coefficient (Wildman–Crippen LogP) is 1.02. The van der Waals surface area contributed by atoms with Crippen molar-refractivity contribution in [2.24, 2.45) is 0 Å². The minimum absolute atomic E-state index is 0.00477. The predicted molar refractivity (Wildman–Crippen MR) is 72.2 cm³/mol. The van der Waals surface area contributed by atoms with Gasteiger partial charge in [-0.2, -0.15) is 0 Å². The molecule has 3 aromatic rings. The van der Waals surface area contributed by atoms with Gasteiger partial charge in [-0.1, -0.05) is 18.2 Å². The summed E-state index contributed by atoms with van der Waals surface area (Å²) in [7, 11) is 0. The quantitative estimate of drug-likeness (QED) is 0.541. The molecular formula is C14H12N4O2. The van der Waals surface area contributed by atoms with Crippen LogP contribution in [-0.4, -0.2) is 24.2 Å². The van der Waals surface area contributed by atoms with Gasteiger partial charge in [0, 0.05) is 6.42 Å². The minimum Gasteiger partial charge on any atom is -0.493 e. The summed E-state index contributed by atoms with van der Waals surface area (Å²) >= 11 is 0. The first kappa shape index (κ1) is 11.1. The zero-order valence-electron chi connectivity index (χ0n) is 10.6. The van der Waals surface area contributed by atoms with Gasteiger partial charge in [0.15, 0.2) is 0 Å². The van der Waals surface area contributed by atoms with E-state index in [2.05, 4.69) is 9.97 Å². The molecule has 0 saturated heterocycles. The Morgan fingerprint density at radius 2 is 2.05 bits per heavy atom. The van der Waals surface area contributed by atoms with Crippen LogP contribution in [-0.2, 0) is 13.0 Å². The Balaban J connectivity index is 1.94. The number of aromatic amines is 1. The van der Waals surface area contributed by atoms with E-state index in [0.29, 0.717) is 24.3 Å². The zero-order valence-corrected chi connectivity index (χ0v) is 10.6. The third-order valence-electron chi connectivity index (χ3n) is 3.69. The van der Waals surface area contributed by atoms with Gasteiger partial charge in [-0.25, -0.2) is 14.3 Å². The van der Waals surface area contributed by atoms with Crippen molar-refractivity contribution in [3.05, 3.63) is 64.2 Å². The molecule has 4 rings (SSSR count). The molecule has 3 heterocycles. The van der Waals surface area contributed by atoms with Crippen molar-refractivity contribution in [3.63, 3.8) is 0 Å². The summed E-state index contributed by atoms with van der Waals surface area (Å²) in [6, 6.07) is 9.13. The molecule has 0 aliphatic carbocycles. The van der Waals surface area contributed by atoms with Gasteiger partial charge in [0.1, 0.15) is 0 Å². The van der Waals surface area contributed by atoms with Gasteiger partial charge in [0.25, 0.3) is 0 Å². The number of nitrogens with zero attached hydrogens (tertiary/aromatic N) is 3. The fourth-order valence-electron chi connectivity index (χ4n) is 2.68. The van der Waals surface area contributed by atoms with Crippen molar-refractivity contribution >= 4 is 0 Å². The van der Waals surface area contributed by atoms with Crippen molar-refractivity contribution < 1.29 is 5.11 Å². The number of fused-ring (bicyclic) bond motifs is 2. The Labute approximate surface area is 114 Å². The molecule has 0 unspecified atom stereocenters. The lowest BCUT2D eigenvalue weighted by atomic mass is 10.1. The highest BCUT2D eigenvalue weighted by molar-refractivity contribution is 5.41. The number of rotatable bonds is 1. The first-order valence-electron chi connectivity index (χ1n) is 6.35. The number of H-pyrrole nitrogens is 1. The van der Waals surface area contributed by atoms with Gasteiger partial charge < -0.3 is 10.1 Å². The summed E-state index contributed by atoms with van der Waals surface area (Å²) in [5.74, 6) is -0.00477. The van der Waals surface area contributed by atoms with Gasteiger partial charge >= 0.3 is 5.69 Å². The Morgan fingerprint density at radius 1 is 1.25 bits per heavy atom. The van der Waals surface area contributed by atoms with E-state index >= 15 is 0 Å². The number of nitrogens with one attached hydrogen (secondary N) is 1. The van der Waals surface area contributed by atoms with Crippen LogP contribution in [0.1, 0.15) is 17.1 Å². The SMILES string of the molecule is O=c1n2c(c(O)n1-c1ccccc1)Cc1nc[nH]c1C2. The van der Waals surface area contributed by atoms with Crippen LogP contribution in [0.25, 0.3) is 5.69 Å². The fourth-order valence-corrected chi connectivity index (χ4v) is 2.68. The topological polar surface area (TPSA) is 75.8 Å². The van der Waals surface area contributed by atoms with Gasteiger partial charge in [-0.15, -0.1) is 0 Å². The van der Waals surface area contributed by atoms with Crippen LogP contribution in [0, 0.1) is 0 Å². The van der Waals surface area contributed by atoms with Crippen LogP contribution in [0.5, 0.6) is 5.88 Å². The second-order valence-corrected chi connectivity index (χ2v) is 4.81. The molecule has 0 amide bonds. The highest BCUT2D eigenvalue weighted by Crippen LogP contribution is 2.27. The zero-order chi connectivity index (χ0) is 13.7. The van der Waals surface area contributed by atoms with Crippen LogP contribution in [0.3, 0.4) is 0 Å². The third kappa shape index (κ3) is 1.38. The fraction of sp³-hybridized carbons (Fsp3) is 0.143. The molecule has 0 bridgehead atoms. The number of aromatic nitrogens is 4. The molecule has 6 nitrogen and oxygen atoms in total. The van der Waals surface area contributed by atoms with Crippen molar-refractivity contribution in [3.8, 4) is 11.6 Å². The lowest BCUT2D eigenvalue weighted by Gasteiger charge is -2.12. The van der Waals surface area contributed by atoms with Gasteiger partial charge in [0.2, 0.25) is 5.88 Å². The number of para-hydroxylation sites is 1. The van der Waals surface area contributed by atoms with E-state index in [1.54, 1.807) is 23.0 Å². The van der Waals surface area contributed by atoms with E-state index in [0.717, 1.165) is 11.4 Å². The second-order valence-electron chi connectivity index (χ2n) is 4.81.